The molecule has 0 aliphatic carbocycles. The first-order valence-electron chi connectivity index (χ1n) is 8.52. The zero-order valence-corrected chi connectivity index (χ0v) is 14.9. The van der Waals surface area contributed by atoms with Crippen molar-refractivity contribution >= 4 is 11.7 Å². The molecule has 0 atom stereocenters. The van der Waals surface area contributed by atoms with Crippen LogP contribution in [-0.4, -0.2) is 25.9 Å². The maximum Gasteiger partial charge on any atom is 0.319 e. The van der Waals surface area contributed by atoms with Crippen LogP contribution in [0.15, 0.2) is 48.5 Å². The summed E-state index contributed by atoms with van der Waals surface area (Å²) in [7, 11) is 0. The smallest absolute Gasteiger partial charge is 0.319 e. The van der Waals surface area contributed by atoms with Crippen molar-refractivity contribution in [3.8, 4) is 0 Å². The Labute approximate surface area is 149 Å². The summed E-state index contributed by atoms with van der Waals surface area (Å²) in [6.07, 6.45) is 0. The van der Waals surface area contributed by atoms with Crippen LogP contribution in [0.4, 0.5) is 10.5 Å². The van der Waals surface area contributed by atoms with Gasteiger partial charge >= 0.3 is 6.03 Å². The molecule has 2 rings (SSSR count). The van der Waals surface area contributed by atoms with Crippen molar-refractivity contribution in [3.63, 3.8) is 0 Å². The Bertz CT molecular complexity index is 673. The lowest BCUT2D eigenvalue weighted by molar-refractivity contribution is 0.0453. The number of aryl methyl sites for hydroxylation is 1. The number of anilines is 1. The van der Waals surface area contributed by atoms with Crippen LogP contribution < -0.4 is 10.6 Å². The number of rotatable bonds is 9. The third-order valence-corrected chi connectivity index (χ3v) is 3.57. The molecule has 0 radical (unpaired) electrons. The van der Waals surface area contributed by atoms with Crippen molar-refractivity contribution in [2.24, 2.45) is 0 Å². The second kappa shape index (κ2) is 10.5. The first-order chi connectivity index (χ1) is 12.2. The SMILES string of the molecule is CCOCCOCc1cccc(NC(=O)NCc2cccc(C)c2)c1. The molecule has 5 heteroatoms. The van der Waals surface area contributed by atoms with E-state index < -0.39 is 0 Å². The molecule has 2 amide bonds. The Morgan fingerprint density at radius 1 is 1.00 bits per heavy atom. The van der Waals surface area contributed by atoms with Gasteiger partial charge in [0.2, 0.25) is 0 Å². The van der Waals surface area contributed by atoms with E-state index in [1.807, 2.05) is 56.3 Å². The van der Waals surface area contributed by atoms with E-state index in [0.717, 1.165) is 16.8 Å². The lowest BCUT2D eigenvalue weighted by Gasteiger charge is -2.10. The minimum Gasteiger partial charge on any atom is -0.379 e. The number of amides is 2. The summed E-state index contributed by atoms with van der Waals surface area (Å²) in [6, 6.07) is 15.5. The highest BCUT2D eigenvalue weighted by atomic mass is 16.5. The van der Waals surface area contributed by atoms with Crippen LogP contribution >= 0.6 is 0 Å². The highest BCUT2D eigenvalue weighted by Gasteiger charge is 2.03. The molecular formula is C20H26N2O3. The molecule has 0 spiro atoms. The molecule has 2 N–H and O–H groups in total. The summed E-state index contributed by atoms with van der Waals surface area (Å²) in [5.74, 6) is 0. The molecule has 0 aromatic heterocycles. The highest BCUT2D eigenvalue weighted by Crippen LogP contribution is 2.12. The van der Waals surface area contributed by atoms with Gasteiger partial charge in [-0.15, -0.1) is 0 Å². The number of benzene rings is 2. The summed E-state index contributed by atoms with van der Waals surface area (Å²) in [6.45, 7) is 6.82. The molecule has 0 bridgehead atoms. The molecule has 134 valence electrons. The van der Waals surface area contributed by atoms with Crippen LogP contribution in [0.5, 0.6) is 0 Å². The number of carbonyl (C=O) groups is 1. The van der Waals surface area contributed by atoms with E-state index in [1.165, 1.54) is 5.56 Å². The molecule has 0 aliphatic rings. The fourth-order valence-corrected chi connectivity index (χ4v) is 2.37. The van der Waals surface area contributed by atoms with Crippen LogP contribution in [0.3, 0.4) is 0 Å². The van der Waals surface area contributed by atoms with Gasteiger partial charge in [0.15, 0.2) is 0 Å². The monoisotopic (exact) mass is 342 g/mol. The average Bonchev–Trinajstić information content (AvgIpc) is 2.60. The normalized spacial score (nSPS) is 10.5. The number of hydrogen-bond donors (Lipinski definition) is 2. The van der Waals surface area contributed by atoms with Crippen LogP contribution in [0.25, 0.3) is 0 Å². The van der Waals surface area contributed by atoms with Gasteiger partial charge in [-0.05, 0) is 37.1 Å². The molecule has 5 nitrogen and oxygen atoms in total. The van der Waals surface area contributed by atoms with Gasteiger partial charge in [-0.2, -0.15) is 0 Å². The van der Waals surface area contributed by atoms with E-state index in [9.17, 15) is 4.79 Å². The topological polar surface area (TPSA) is 59.6 Å². The zero-order chi connectivity index (χ0) is 17.9. The standard InChI is InChI=1S/C20H26N2O3/c1-3-24-10-11-25-15-18-8-5-9-19(13-18)22-20(23)21-14-17-7-4-6-16(2)12-17/h4-9,12-13H,3,10-11,14-15H2,1-2H3,(H2,21,22,23). The van der Waals surface area contributed by atoms with E-state index >= 15 is 0 Å². The van der Waals surface area contributed by atoms with Crippen molar-refractivity contribution in [2.45, 2.75) is 27.0 Å². The van der Waals surface area contributed by atoms with Gasteiger partial charge in [0, 0.05) is 18.8 Å². The molecule has 0 saturated heterocycles. The molecule has 0 saturated carbocycles. The molecule has 2 aromatic rings. The van der Waals surface area contributed by atoms with Gasteiger partial charge in [-0.3, -0.25) is 0 Å². The maximum atomic E-state index is 12.0. The fraction of sp³-hybridized carbons (Fsp3) is 0.350. The summed E-state index contributed by atoms with van der Waals surface area (Å²) >= 11 is 0. The minimum absolute atomic E-state index is 0.226. The van der Waals surface area contributed by atoms with Gasteiger partial charge in [-0.1, -0.05) is 42.0 Å². The molecule has 0 aliphatic heterocycles. The maximum absolute atomic E-state index is 12.0. The van der Waals surface area contributed by atoms with Crippen molar-refractivity contribution < 1.29 is 14.3 Å². The van der Waals surface area contributed by atoms with Crippen molar-refractivity contribution in [1.29, 1.82) is 0 Å². The molecule has 0 fully saturated rings. The predicted octanol–water partition coefficient (Wildman–Crippen LogP) is 3.87. The van der Waals surface area contributed by atoms with Crippen LogP contribution in [0.2, 0.25) is 0 Å². The second-order valence-electron chi connectivity index (χ2n) is 5.75. The number of carbonyl (C=O) groups excluding carboxylic acids is 1. The minimum atomic E-state index is -0.226. The molecule has 2 aromatic carbocycles. The van der Waals surface area contributed by atoms with Gasteiger partial charge in [0.25, 0.3) is 0 Å². The molecule has 0 unspecified atom stereocenters. The molecule has 0 heterocycles. The zero-order valence-electron chi connectivity index (χ0n) is 14.9. The molecular weight excluding hydrogens is 316 g/mol. The van der Waals surface area contributed by atoms with Crippen LogP contribution in [0.1, 0.15) is 23.6 Å². The van der Waals surface area contributed by atoms with Crippen LogP contribution in [0, 0.1) is 6.92 Å². The summed E-state index contributed by atoms with van der Waals surface area (Å²) < 4.78 is 10.8. The number of ether oxygens (including phenoxy) is 2. The van der Waals surface area contributed by atoms with Crippen molar-refractivity contribution in [2.75, 3.05) is 25.1 Å². The number of hydrogen-bond acceptors (Lipinski definition) is 3. The van der Waals surface area contributed by atoms with Gasteiger partial charge < -0.3 is 20.1 Å². The van der Waals surface area contributed by atoms with E-state index in [4.69, 9.17) is 9.47 Å². The van der Waals surface area contributed by atoms with Gasteiger partial charge in [0.05, 0.1) is 19.8 Å². The van der Waals surface area contributed by atoms with Crippen molar-refractivity contribution in [3.05, 3.63) is 65.2 Å². The number of nitrogens with one attached hydrogen (secondary N) is 2. The third-order valence-electron chi connectivity index (χ3n) is 3.57. The highest BCUT2D eigenvalue weighted by molar-refractivity contribution is 5.89. The Hall–Kier alpha value is -2.37. The average molecular weight is 342 g/mol. The van der Waals surface area contributed by atoms with Gasteiger partial charge in [0.1, 0.15) is 0 Å². The Morgan fingerprint density at radius 3 is 2.56 bits per heavy atom. The van der Waals surface area contributed by atoms with Gasteiger partial charge in [-0.25, -0.2) is 4.79 Å². The lowest BCUT2D eigenvalue weighted by atomic mass is 10.1. The number of urea groups is 1. The summed E-state index contributed by atoms with van der Waals surface area (Å²) in [5, 5.41) is 5.71. The lowest BCUT2D eigenvalue weighted by Crippen LogP contribution is -2.28. The quantitative estimate of drug-likeness (QED) is 0.680. The Morgan fingerprint density at radius 2 is 1.76 bits per heavy atom. The van der Waals surface area contributed by atoms with E-state index in [-0.39, 0.29) is 6.03 Å². The Kier molecular flexibility index (Phi) is 7.95. The fourth-order valence-electron chi connectivity index (χ4n) is 2.37. The molecule has 25 heavy (non-hydrogen) atoms. The van der Waals surface area contributed by atoms with E-state index in [1.54, 1.807) is 0 Å². The largest absolute Gasteiger partial charge is 0.379 e. The Balaban J connectivity index is 1.77. The summed E-state index contributed by atoms with van der Waals surface area (Å²) in [5.41, 5.74) is 4.00. The second-order valence-corrected chi connectivity index (χ2v) is 5.75. The van der Waals surface area contributed by atoms with Crippen molar-refractivity contribution in [1.82, 2.24) is 5.32 Å². The first-order valence-corrected chi connectivity index (χ1v) is 8.52. The van der Waals surface area contributed by atoms with E-state index in [0.29, 0.717) is 33.0 Å². The summed E-state index contributed by atoms with van der Waals surface area (Å²) in [4.78, 5) is 12.0. The first kappa shape index (κ1) is 19.0. The predicted molar refractivity (Wildman–Crippen MR) is 99.6 cm³/mol. The van der Waals surface area contributed by atoms with E-state index in [2.05, 4.69) is 16.7 Å². The third kappa shape index (κ3) is 7.37. The van der Waals surface area contributed by atoms with Crippen LogP contribution in [-0.2, 0) is 22.6 Å².